The van der Waals surface area contributed by atoms with E-state index in [-0.39, 0.29) is 5.91 Å². The Bertz CT molecular complexity index is 970. The van der Waals surface area contributed by atoms with E-state index in [9.17, 15) is 4.79 Å². The number of rotatable bonds is 3. The Hall–Kier alpha value is -3.03. The van der Waals surface area contributed by atoms with Crippen molar-refractivity contribution < 1.29 is 9.32 Å². The minimum absolute atomic E-state index is 0.293. The quantitative estimate of drug-likeness (QED) is 0.778. The first-order chi connectivity index (χ1) is 12.5. The normalized spacial score (nSPS) is 13.5. The average molecular weight is 352 g/mol. The number of aromatic nitrogens is 5. The van der Waals surface area contributed by atoms with Gasteiger partial charge in [0.2, 0.25) is 5.95 Å². The van der Waals surface area contributed by atoms with Crippen LogP contribution in [0.5, 0.6) is 0 Å². The Morgan fingerprint density at radius 3 is 2.58 bits per heavy atom. The van der Waals surface area contributed by atoms with E-state index in [0.29, 0.717) is 17.3 Å². The van der Waals surface area contributed by atoms with Crippen molar-refractivity contribution in [2.24, 2.45) is 0 Å². The van der Waals surface area contributed by atoms with Gasteiger partial charge in [0.05, 0.1) is 23.8 Å². The molecular formula is C18H20N6O2. The minimum atomic E-state index is -0.293. The molecule has 0 bridgehead atoms. The molecule has 0 radical (unpaired) electrons. The molecule has 8 nitrogen and oxygen atoms in total. The highest BCUT2D eigenvalue weighted by molar-refractivity contribution is 6.03. The van der Waals surface area contributed by atoms with E-state index in [4.69, 9.17) is 4.52 Å². The van der Waals surface area contributed by atoms with Crippen molar-refractivity contribution in [2.45, 2.75) is 46.5 Å². The van der Waals surface area contributed by atoms with Crippen molar-refractivity contribution in [3.8, 4) is 5.95 Å². The van der Waals surface area contributed by atoms with Gasteiger partial charge in [0.1, 0.15) is 11.6 Å². The monoisotopic (exact) mass is 352 g/mol. The van der Waals surface area contributed by atoms with E-state index in [1.165, 1.54) is 0 Å². The number of nitrogens with zero attached hydrogens (tertiary/aromatic N) is 5. The van der Waals surface area contributed by atoms with Gasteiger partial charge in [0, 0.05) is 17.7 Å². The molecular weight excluding hydrogens is 332 g/mol. The molecule has 0 fully saturated rings. The Kier molecular flexibility index (Phi) is 4.02. The van der Waals surface area contributed by atoms with E-state index in [1.54, 1.807) is 12.4 Å². The van der Waals surface area contributed by atoms with E-state index < -0.39 is 0 Å². The van der Waals surface area contributed by atoms with Crippen LogP contribution in [0.25, 0.3) is 5.95 Å². The summed E-state index contributed by atoms with van der Waals surface area (Å²) in [4.78, 5) is 25.7. The van der Waals surface area contributed by atoms with Crippen LogP contribution in [0.3, 0.4) is 0 Å². The third kappa shape index (κ3) is 2.77. The van der Waals surface area contributed by atoms with Crippen LogP contribution in [-0.2, 0) is 12.8 Å². The lowest BCUT2D eigenvalue weighted by atomic mass is 9.96. The summed E-state index contributed by atoms with van der Waals surface area (Å²) < 4.78 is 7.18. The van der Waals surface area contributed by atoms with Crippen LogP contribution < -0.4 is 5.32 Å². The molecule has 8 heteroatoms. The van der Waals surface area contributed by atoms with Gasteiger partial charge in [-0.25, -0.2) is 15.0 Å². The first-order valence-corrected chi connectivity index (χ1v) is 8.68. The molecule has 3 aromatic rings. The molecule has 1 N–H and O–H groups in total. The van der Waals surface area contributed by atoms with Crippen molar-refractivity contribution in [3.05, 3.63) is 46.6 Å². The second-order valence-corrected chi connectivity index (χ2v) is 6.53. The third-order valence-electron chi connectivity index (χ3n) is 4.77. The maximum absolute atomic E-state index is 12.5. The first kappa shape index (κ1) is 16.4. The molecule has 3 aromatic heterocycles. The number of amides is 1. The molecule has 0 spiro atoms. The van der Waals surface area contributed by atoms with E-state index >= 15 is 0 Å². The zero-order chi connectivity index (χ0) is 18.3. The van der Waals surface area contributed by atoms with Gasteiger partial charge >= 0.3 is 0 Å². The summed E-state index contributed by atoms with van der Waals surface area (Å²) in [6.07, 6.45) is 6.97. The number of fused-ring (bicyclic) bond motifs is 1. The molecule has 1 aliphatic carbocycles. The largest absolute Gasteiger partial charge is 0.360 e. The average Bonchev–Trinajstić information content (AvgIpc) is 3.17. The second kappa shape index (κ2) is 6.36. The van der Waals surface area contributed by atoms with Gasteiger partial charge in [-0.2, -0.15) is 0 Å². The lowest BCUT2D eigenvalue weighted by Crippen LogP contribution is -2.16. The van der Waals surface area contributed by atoms with Crippen molar-refractivity contribution in [2.75, 3.05) is 5.32 Å². The summed E-state index contributed by atoms with van der Waals surface area (Å²) in [7, 11) is 0. The van der Waals surface area contributed by atoms with E-state index in [0.717, 1.165) is 54.2 Å². The highest BCUT2D eigenvalue weighted by Gasteiger charge is 2.24. The molecule has 1 amide bonds. The smallest absolute Gasteiger partial charge is 0.278 e. The van der Waals surface area contributed by atoms with Crippen LogP contribution in [0.2, 0.25) is 0 Å². The Morgan fingerprint density at radius 1 is 1.15 bits per heavy atom. The van der Waals surface area contributed by atoms with E-state index in [2.05, 4.69) is 25.4 Å². The van der Waals surface area contributed by atoms with E-state index in [1.807, 2.05) is 25.3 Å². The molecule has 1 aliphatic rings. The minimum Gasteiger partial charge on any atom is -0.360 e. The van der Waals surface area contributed by atoms with Crippen molar-refractivity contribution in [3.63, 3.8) is 0 Å². The van der Waals surface area contributed by atoms with Crippen LogP contribution in [0, 0.1) is 20.8 Å². The van der Waals surface area contributed by atoms with Crippen molar-refractivity contribution in [1.29, 1.82) is 0 Å². The van der Waals surface area contributed by atoms with Gasteiger partial charge in [-0.05, 0) is 40.0 Å². The Morgan fingerprint density at radius 2 is 1.88 bits per heavy atom. The number of hydrogen-bond acceptors (Lipinski definition) is 6. The summed E-state index contributed by atoms with van der Waals surface area (Å²) in [6, 6.07) is 0. The van der Waals surface area contributed by atoms with Gasteiger partial charge in [0.15, 0.2) is 5.69 Å². The fourth-order valence-electron chi connectivity index (χ4n) is 3.33. The van der Waals surface area contributed by atoms with Crippen LogP contribution in [0.15, 0.2) is 16.9 Å². The van der Waals surface area contributed by atoms with Crippen LogP contribution in [-0.4, -0.2) is 30.6 Å². The zero-order valence-electron chi connectivity index (χ0n) is 15.0. The molecule has 0 unspecified atom stereocenters. The maximum Gasteiger partial charge on any atom is 0.278 e. The molecule has 134 valence electrons. The molecule has 26 heavy (non-hydrogen) atoms. The molecule has 0 aromatic carbocycles. The predicted octanol–water partition coefficient (Wildman–Crippen LogP) is 2.71. The lowest BCUT2D eigenvalue weighted by molar-refractivity contribution is 0.101. The Labute approximate surface area is 150 Å². The highest BCUT2D eigenvalue weighted by Crippen LogP contribution is 2.24. The number of imidazole rings is 1. The molecule has 0 aliphatic heterocycles. The fourth-order valence-corrected chi connectivity index (χ4v) is 3.33. The molecule has 0 saturated heterocycles. The number of carbonyl (C=O) groups is 1. The zero-order valence-corrected chi connectivity index (χ0v) is 15.0. The van der Waals surface area contributed by atoms with Gasteiger partial charge in [-0.1, -0.05) is 5.16 Å². The van der Waals surface area contributed by atoms with Gasteiger partial charge < -0.3 is 9.84 Å². The van der Waals surface area contributed by atoms with Gasteiger partial charge in [-0.3, -0.25) is 9.36 Å². The molecule has 4 rings (SSSR count). The standard InChI is InChI=1S/C18H20N6O2/c1-10-11(2)24(12(3)21-10)18-19-8-13(9-20-18)22-17(25)16-14-6-4-5-7-15(14)26-23-16/h8-9H,4-7H2,1-3H3,(H,22,25). The van der Waals surface area contributed by atoms with Crippen molar-refractivity contribution in [1.82, 2.24) is 24.7 Å². The summed E-state index contributed by atoms with van der Waals surface area (Å²) in [5, 5.41) is 6.74. The SMILES string of the molecule is Cc1nc(C)n(-c2ncc(NC(=O)c3noc4c3CCCC4)cn2)c1C. The topological polar surface area (TPSA) is 98.7 Å². The van der Waals surface area contributed by atoms with Gasteiger partial charge in [0.25, 0.3) is 5.91 Å². The summed E-state index contributed by atoms with van der Waals surface area (Å²) in [6.45, 7) is 5.83. The number of nitrogens with one attached hydrogen (secondary N) is 1. The number of carbonyl (C=O) groups excluding carboxylic acids is 1. The van der Waals surface area contributed by atoms with Crippen LogP contribution in [0.4, 0.5) is 5.69 Å². The second-order valence-electron chi connectivity index (χ2n) is 6.53. The molecule has 0 atom stereocenters. The van der Waals surface area contributed by atoms with Gasteiger partial charge in [-0.15, -0.1) is 0 Å². The highest BCUT2D eigenvalue weighted by atomic mass is 16.5. The summed E-state index contributed by atoms with van der Waals surface area (Å²) in [5.74, 6) is 1.89. The molecule has 0 saturated carbocycles. The summed E-state index contributed by atoms with van der Waals surface area (Å²) in [5.41, 5.74) is 3.73. The lowest BCUT2D eigenvalue weighted by Gasteiger charge is -2.10. The maximum atomic E-state index is 12.5. The van der Waals surface area contributed by atoms with Crippen LogP contribution >= 0.6 is 0 Å². The Balaban J connectivity index is 1.54. The third-order valence-corrected chi connectivity index (χ3v) is 4.77. The first-order valence-electron chi connectivity index (χ1n) is 8.68. The number of hydrogen-bond donors (Lipinski definition) is 1. The summed E-state index contributed by atoms with van der Waals surface area (Å²) >= 11 is 0. The van der Waals surface area contributed by atoms with Crippen LogP contribution in [0.1, 0.15) is 51.9 Å². The fraction of sp³-hybridized carbons (Fsp3) is 0.389. The number of anilines is 1. The number of aryl methyl sites for hydroxylation is 3. The molecule has 3 heterocycles. The van der Waals surface area contributed by atoms with Crippen molar-refractivity contribution >= 4 is 11.6 Å². The predicted molar refractivity (Wildman–Crippen MR) is 94.5 cm³/mol.